The molecule has 2 saturated heterocycles. The van der Waals surface area contributed by atoms with Gasteiger partial charge in [0.25, 0.3) is 0 Å². The second-order valence-electron chi connectivity index (χ2n) is 11.3. The average Bonchev–Trinajstić information content (AvgIpc) is 3.42. The molecule has 6 rings (SSSR count). The van der Waals surface area contributed by atoms with Gasteiger partial charge in [-0.15, -0.1) is 0 Å². The van der Waals surface area contributed by atoms with E-state index in [1.807, 2.05) is 18.2 Å². The summed E-state index contributed by atoms with van der Waals surface area (Å²) < 4.78 is 20.2. The third kappa shape index (κ3) is 5.49. The van der Waals surface area contributed by atoms with Crippen LogP contribution in [0.3, 0.4) is 0 Å². The molecule has 1 unspecified atom stereocenters. The predicted molar refractivity (Wildman–Crippen MR) is 161 cm³/mol. The van der Waals surface area contributed by atoms with Crippen LogP contribution in [-0.2, 0) is 17.8 Å². The number of halogens is 1. The minimum Gasteiger partial charge on any atom is -0.462 e. The smallest absolute Gasteiger partial charge is 0.318 e. The van der Waals surface area contributed by atoms with E-state index in [2.05, 4.69) is 39.2 Å². The van der Waals surface area contributed by atoms with Gasteiger partial charge in [0.05, 0.1) is 12.2 Å². The first-order valence-electron chi connectivity index (χ1n) is 14.6. The Morgan fingerprint density at radius 3 is 2.83 bits per heavy atom. The maximum atomic E-state index is 14.0. The molecule has 1 amide bonds. The molecule has 0 saturated carbocycles. The molecule has 42 heavy (non-hydrogen) atoms. The number of carbonyl (C=O) groups excluding carboxylic acids is 1. The van der Waals surface area contributed by atoms with Gasteiger partial charge in [0, 0.05) is 48.9 Å². The molecule has 218 valence electrons. The number of likely N-dealkylation sites (tertiary alicyclic amines) is 1. The Morgan fingerprint density at radius 1 is 1.17 bits per heavy atom. The van der Waals surface area contributed by atoms with E-state index in [0.29, 0.717) is 44.8 Å². The standard InChI is InChI=1S/C32H36FN7O2/c1-4-30(41)40-16-15-39(19-25(40)18-34-2)31-27-12-14-38(29-9-5-7-22-17-23(33)10-11-26(22)29)20-28(27)35-32(36-31)42-21-24-8-6-13-37(24)3/h4-5,7,9-11,17,24-25H,1,6,8,12-16,18-21H2,3H3/t24-,25?/m0/s1. The van der Waals surface area contributed by atoms with Crippen molar-refractivity contribution in [1.29, 1.82) is 0 Å². The molecule has 0 radical (unpaired) electrons. The summed E-state index contributed by atoms with van der Waals surface area (Å²) in [5, 5.41) is 1.87. The summed E-state index contributed by atoms with van der Waals surface area (Å²) in [7, 11) is 2.12. The zero-order chi connectivity index (χ0) is 29.2. The molecule has 10 heteroatoms. The van der Waals surface area contributed by atoms with Crippen LogP contribution in [0.2, 0.25) is 0 Å². The van der Waals surface area contributed by atoms with Gasteiger partial charge in [0.15, 0.2) is 0 Å². The summed E-state index contributed by atoms with van der Waals surface area (Å²) in [6, 6.07) is 11.3. The van der Waals surface area contributed by atoms with Crippen molar-refractivity contribution in [1.82, 2.24) is 19.8 Å². The second kappa shape index (κ2) is 11.9. The van der Waals surface area contributed by atoms with Gasteiger partial charge in [-0.2, -0.15) is 9.97 Å². The van der Waals surface area contributed by atoms with E-state index in [9.17, 15) is 9.18 Å². The number of amides is 1. The van der Waals surface area contributed by atoms with E-state index in [-0.39, 0.29) is 24.3 Å². The van der Waals surface area contributed by atoms with Crippen molar-refractivity contribution in [2.75, 3.05) is 62.7 Å². The highest BCUT2D eigenvalue weighted by molar-refractivity contribution is 5.94. The Labute approximate surface area is 246 Å². The quantitative estimate of drug-likeness (QED) is 0.316. The average molecular weight is 570 g/mol. The number of anilines is 2. The van der Waals surface area contributed by atoms with Gasteiger partial charge in [-0.25, -0.2) is 11.0 Å². The van der Waals surface area contributed by atoms with Gasteiger partial charge in [-0.05, 0) is 68.6 Å². The lowest BCUT2D eigenvalue weighted by atomic mass is 10.0. The first kappa shape index (κ1) is 27.9. The van der Waals surface area contributed by atoms with Crippen molar-refractivity contribution >= 4 is 28.2 Å². The van der Waals surface area contributed by atoms with Crippen molar-refractivity contribution < 1.29 is 13.9 Å². The second-order valence-corrected chi connectivity index (χ2v) is 11.3. The first-order valence-corrected chi connectivity index (χ1v) is 14.6. The molecule has 9 nitrogen and oxygen atoms in total. The first-order chi connectivity index (χ1) is 20.4. The fourth-order valence-electron chi connectivity index (χ4n) is 6.51. The van der Waals surface area contributed by atoms with Crippen LogP contribution in [0.25, 0.3) is 15.6 Å². The number of nitrogens with zero attached hydrogens (tertiary/aromatic N) is 7. The maximum Gasteiger partial charge on any atom is 0.318 e. The van der Waals surface area contributed by atoms with Gasteiger partial charge >= 0.3 is 6.01 Å². The summed E-state index contributed by atoms with van der Waals surface area (Å²) in [5.74, 6) is 0.431. The van der Waals surface area contributed by atoms with E-state index in [4.69, 9.17) is 21.3 Å². The number of likely N-dealkylation sites (N-methyl/N-ethyl adjacent to an activating group) is 1. The number of aromatic nitrogens is 2. The molecular weight excluding hydrogens is 533 g/mol. The monoisotopic (exact) mass is 569 g/mol. The summed E-state index contributed by atoms with van der Waals surface area (Å²) in [6.45, 7) is 15.8. The fourth-order valence-corrected chi connectivity index (χ4v) is 6.51. The fraction of sp³-hybridized carbons (Fsp3) is 0.438. The predicted octanol–water partition coefficient (Wildman–Crippen LogP) is 3.93. The Hall–Kier alpha value is -4.23. The number of piperazine rings is 1. The summed E-state index contributed by atoms with van der Waals surface area (Å²) in [5.41, 5.74) is 3.03. The van der Waals surface area contributed by atoms with Crippen LogP contribution in [0.1, 0.15) is 24.1 Å². The van der Waals surface area contributed by atoms with E-state index in [1.165, 1.54) is 12.1 Å². The van der Waals surface area contributed by atoms with Crippen LogP contribution in [0.5, 0.6) is 6.01 Å². The van der Waals surface area contributed by atoms with Gasteiger partial charge in [-0.1, -0.05) is 18.7 Å². The summed E-state index contributed by atoms with van der Waals surface area (Å²) >= 11 is 0. The molecule has 4 heterocycles. The summed E-state index contributed by atoms with van der Waals surface area (Å²) in [4.78, 5) is 34.5. The third-order valence-electron chi connectivity index (χ3n) is 8.80. The molecule has 0 N–H and O–H groups in total. The summed E-state index contributed by atoms with van der Waals surface area (Å²) in [6.07, 6.45) is 4.29. The number of rotatable bonds is 7. The lowest BCUT2D eigenvalue weighted by molar-refractivity contribution is -0.128. The molecular formula is C32H36FN7O2. The number of carbonyl (C=O) groups is 1. The largest absolute Gasteiger partial charge is 0.462 e. The molecule has 0 spiro atoms. The number of hydrogen-bond donors (Lipinski definition) is 0. The molecule has 2 atom stereocenters. The van der Waals surface area contributed by atoms with Crippen molar-refractivity contribution in [3.05, 3.63) is 77.5 Å². The van der Waals surface area contributed by atoms with Crippen LogP contribution < -0.4 is 14.5 Å². The van der Waals surface area contributed by atoms with E-state index in [1.54, 1.807) is 11.0 Å². The van der Waals surface area contributed by atoms with Crippen LogP contribution in [0.15, 0.2) is 49.1 Å². The number of hydrogen-bond acceptors (Lipinski definition) is 7. The van der Waals surface area contributed by atoms with Crippen molar-refractivity contribution in [2.24, 2.45) is 0 Å². The van der Waals surface area contributed by atoms with Crippen LogP contribution >= 0.6 is 0 Å². The van der Waals surface area contributed by atoms with Gasteiger partial charge in [0.1, 0.15) is 24.3 Å². The Kier molecular flexibility index (Phi) is 7.94. The lowest BCUT2D eigenvalue weighted by Gasteiger charge is -2.41. The normalized spacial score (nSPS) is 20.8. The topological polar surface area (TPSA) is 69.4 Å². The van der Waals surface area contributed by atoms with Crippen LogP contribution in [0, 0.1) is 12.4 Å². The number of ether oxygens (including phenoxy) is 1. The zero-order valence-corrected chi connectivity index (χ0v) is 24.0. The lowest BCUT2D eigenvalue weighted by Crippen LogP contribution is -2.56. The maximum absolute atomic E-state index is 14.0. The molecule has 3 aliphatic heterocycles. The van der Waals surface area contributed by atoms with Crippen LogP contribution in [0.4, 0.5) is 15.9 Å². The molecule has 3 aromatic rings. The van der Waals surface area contributed by atoms with Crippen molar-refractivity contribution in [3.63, 3.8) is 0 Å². The van der Waals surface area contributed by atoms with E-state index < -0.39 is 0 Å². The molecule has 2 fully saturated rings. The molecule has 2 aromatic carbocycles. The Morgan fingerprint density at radius 2 is 2.05 bits per heavy atom. The zero-order valence-electron chi connectivity index (χ0n) is 24.0. The van der Waals surface area contributed by atoms with Crippen molar-refractivity contribution in [3.8, 4) is 6.01 Å². The van der Waals surface area contributed by atoms with E-state index in [0.717, 1.165) is 65.9 Å². The third-order valence-corrected chi connectivity index (χ3v) is 8.80. The highest BCUT2D eigenvalue weighted by Crippen LogP contribution is 2.35. The number of benzene rings is 2. The molecule has 0 bridgehead atoms. The van der Waals surface area contributed by atoms with E-state index >= 15 is 0 Å². The molecule has 0 aliphatic carbocycles. The van der Waals surface area contributed by atoms with Crippen LogP contribution in [-0.4, -0.2) is 90.7 Å². The number of fused-ring (bicyclic) bond motifs is 2. The van der Waals surface area contributed by atoms with Gasteiger partial charge < -0.3 is 29.2 Å². The minimum atomic E-state index is -0.250. The Bertz CT molecular complexity index is 1540. The minimum absolute atomic E-state index is 0.150. The van der Waals surface area contributed by atoms with Gasteiger partial charge in [0.2, 0.25) is 12.5 Å². The highest BCUT2D eigenvalue weighted by atomic mass is 19.1. The Balaban J connectivity index is 1.33. The van der Waals surface area contributed by atoms with Gasteiger partial charge in [-0.3, -0.25) is 4.79 Å². The van der Waals surface area contributed by atoms with Crippen molar-refractivity contribution in [2.45, 2.75) is 37.9 Å². The molecule has 3 aliphatic rings. The SMILES string of the molecule is [C-]#[N+]CC1CN(c2nc(OC[C@@H]3CCCN3C)nc3c2CCN(c2cccc4cc(F)ccc24)C3)CCN1C(=O)C=C. The highest BCUT2D eigenvalue weighted by Gasteiger charge is 2.35. The molecule has 1 aromatic heterocycles.